The van der Waals surface area contributed by atoms with Crippen LogP contribution in [0.1, 0.15) is 45.3 Å². The van der Waals surface area contributed by atoms with Crippen LogP contribution in [0.5, 0.6) is 5.88 Å². The van der Waals surface area contributed by atoms with Crippen LogP contribution in [0, 0.1) is 0 Å². The van der Waals surface area contributed by atoms with Gasteiger partial charge in [-0.3, -0.25) is 14.7 Å². The molecule has 8 nitrogen and oxygen atoms in total. The summed E-state index contributed by atoms with van der Waals surface area (Å²) in [7, 11) is 1.45. The Morgan fingerprint density at radius 2 is 2.07 bits per heavy atom. The Balaban J connectivity index is 1.58. The number of pyridine rings is 1. The fourth-order valence-electron chi connectivity index (χ4n) is 3.21. The monoisotopic (exact) mass is 411 g/mol. The summed E-state index contributed by atoms with van der Waals surface area (Å²) in [5.41, 5.74) is 0.953. The molecule has 3 heterocycles. The molecule has 2 aromatic heterocycles. The summed E-state index contributed by atoms with van der Waals surface area (Å²) in [6, 6.07) is 4.78. The van der Waals surface area contributed by atoms with E-state index in [1.807, 2.05) is 0 Å². The van der Waals surface area contributed by atoms with Gasteiger partial charge in [-0.25, -0.2) is 4.98 Å². The fraction of sp³-hybridized carbons (Fsp3) is 0.444. The molecule has 0 aliphatic carbocycles. The molecule has 1 fully saturated rings. The third-order valence-corrected chi connectivity index (χ3v) is 4.70. The summed E-state index contributed by atoms with van der Waals surface area (Å²) >= 11 is 0. The predicted octanol–water partition coefficient (Wildman–Crippen LogP) is 2.13. The van der Waals surface area contributed by atoms with Crippen LogP contribution in [0.3, 0.4) is 0 Å². The van der Waals surface area contributed by atoms with Crippen LogP contribution in [0.2, 0.25) is 0 Å². The van der Waals surface area contributed by atoms with Gasteiger partial charge in [0.1, 0.15) is 17.8 Å². The Bertz CT molecular complexity index is 876. The number of likely N-dealkylation sites (tertiary alicyclic amines) is 1. The van der Waals surface area contributed by atoms with Crippen molar-refractivity contribution in [1.29, 1.82) is 0 Å². The highest BCUT2D eigenvalue weighted by atomic mass is 19.4. The van der Waals surface area contributed by atoms with E-state index >= 15 is 0 Å². The number of hydrogen-bond acceptors (Lipinski definition) is 5. The highest BCUT2D eigenvalue weighted by Crippen LogP contribution is 2.28. The van der Waals surface area contributed by atoms with Crippen molar-refractivity contribution in [3.05, 3.63) is 41.3 Å². The third-order valence-electron chi connectivity index (χ3n) is 4.70. The number of alkyl halides is 3. The Hall–Kier alpha value is -3.11. The lowest BCUT2D eigenvalue weighted by Crippen LogP contribution is -2.38. The molecule has 0 atom stereocenters. The molecule has 2 aromatic rings. The number of carbonyl (C=O) groups excluding carboxylic acids is 2. The maximum absolute atomic E-state index is 12.7. The minimum absolute atomic E-state index is 0.0199. The van der Waals surface area contributed by atoms with E-state index in [0.29, 0.717) is 37.2 Å². The van der Waals surface area contributed by atoms with Gasteiger partial charge in [-0.05, 0) is 31.0 Å². The number of H-pyrrole nitrogens is 1. The van der Waals surface area contributed by atoms with Crippen molar-refractivity contribution in [1.82, 2.24) is 25.4 Å². The van der Waals surface area contributed by atoms with Gasteiger partial charge >= 0.3 is 6.18 Å². The van der Waals surface area contributed by atoms with Gasteiger partial charge < -0.3 is 15.0 Å². The minimum atomic E-state index is -4.48. The summed E-state index contributed by atoms with van der Waals surface area (Å²) < 4.78 is 41.8. The number of piperidine rings is 1. The van der Waals surface area contributed by atoms with Crippen LogP contribution in [-0.2, 0) is 0 Å². The minimum Gasteiger partial charge on any atom is -0.480 e. The highest BCUT2D eigenvalue weighted by Gasteiger charge is 2.30. The smallest absolute Gasteiger partial charge is 0.405 e. The largest absolute Gasteiger partial charge is 0.480 e. The van der Waals surface area contributed by atoms with Crippen molar-refractivity contribution in [3.63, 3.8) is 0 Å². The second-order valence-corrected chi connectivity index (χ2v) is 6.63. The average molecular weight is 411 g/mol. The summed E-state index contributed by atoms with van der Waals surface area (Å²) in [6.45, 7) is -0.446. The highest BCUT2D eigenvalue weighted by molar-refractivity contribution is 5.96. The van der Waals surface area contributed by atoms with Gasteiger partial charge in [0.05, 0.1) is 7.11 Å². The molecule has 0 spiro atoms. The molecule has 11 heteroatoms. The molecule has 29 heavy (non-hydrogen) atoms. The number of halogens is 3. The SMILES string of the molecule is COc1ncccc1C(=O)N1CCC(c2cc(C(=O)NCC(F)(F)F)n[nH]2)CC1. The first-order chi connectivity index (χ1) is 13.8. The molecule has 3 rings (SSSR count). The van der Waals surface area contributed by atoms with E-state index in [4.69, 9.17) is 4.74 Å². The Morgan fingerprint density at radius 1 is 1.34 bits per heavy atom. The van der Waals surface area contributed by atoms with E-state index in [1.54, 1.807) is 28.5 Å². The number of nitrogens with zero attached hydrogens (tertiary/aromatic N) is 3. The summed E-state index contributed by atoms with van der Waals surface area (Å²) in [5.74, 6) is -0.777. The lowest BCUT2D eigenvalue weighted by atomic mass is 9.93. The molecule has 156 valence electrons. The van der Waals surface area contributed by atoms with Crippen LogP contribution in [0.25, 0.3) is 0 Å². The topological polar surface area (TPSA) is 100 Å². The maximum atomic E-state index is 12.7. The van der Waals surface area contributed by atoms with Crippen molar-refractivity contribution < 1.29 is 27.5 Å². The first kappa shape index (κ1) is 20.6. The second-order valence-electron chi connectivity index (χ2n) is 6.63. The summed E-state index contributed by atoms with van der Waals surface area (Å²) in [5, 5.41) is 8.32. The molecular weight excluding hydrogens is 391 g/mol. The van der Waals surface area contributed by atoms with Gasteiger partial charge in [-0.1, -0.05) is 0 Å². The van der Waals surface area contributed by atoms with Crippen LogP contribution in [-0.4, -0.2) is 64.8 Å². The number of amides is 2. The number of ether oxygens (including phenoxy) is 1. The van der Waals surface area contributed by atoms with Crippen LogP contribution in [0.15, 0.2) is 24.4 Å². The van der Waals surface area contributed by atoms with E-state index in [2.05, 4.69) is 15.2 Å². The lowest BCUT2D eigenvalue weighted by Gasteiger charge is -2.31. The van der Waals surface area contributed by atoms with Gasteiger partial charge in [0.15, 0.2) is 0 Å². The van der Waals surface area contributed by atoms with Crippen LogP contribution < -0.4 is 10.1 Å². The molecule has 1 aliphatic heterocycles. The molecule has 0 saturated carbocycles. The Kier molecular flexibility index (Phi) is 6.04. The van der Waals surface area contributed by atoms with E-state index in [9.17, 15) is 22.8 Å². The number of nitrogens with one attached hydrogen (secondary N) is 2. The van der Waals surface area contributed by atoms with E-state index in [1.165, 1.54) is 13.2 Å². The standard InChI is InChI=1S/C18H20F3N5O3/c1-29-16-12(3-2-6-22-16)17(28)26-7-4-11(5-8-26)13-9-14(25-24-13)15(27)23-10-18(19,20)21/h2-3,6,9,11H,4-5,7-8,10H2,1H3,(H,23,27)(H,24,25). The van der Waals surface area contributed by atoms with Crippen LogP contribution >= 0.6 is 0 Å². The molecule has 0 aromatic carbocycles. The van der Waals surface area contributed by atoms with Crippen molar-refractivity contribution in [2.24, 2.45) is 0 Å². The van der Waals surface area contributed by atoms with Gasteiger partial charge in [0, 0.05) is 30.9 Å². The van der Waals surface area contributed by atoms with Gasteiger partial charge in [-0.15, -0.1) is 0 Å². The molecule has 0 unspecified atom stereocenters. The maximum Gasteiger partial charge on any atom is 0.405 e. The number of aromatic amines is 1. The molecule has 0 radical (unpaired) electrons. The van der Waals surface area contributed by atoms with Crippen molar-refractivity contribution >= 4 is 11.8 Å². The normalized spacial score (nSPS) is 15.2. The van der Waals surface area contributed by atoms with Crippen molar-refractivity contribution in [2.75, 3.05) is 26.7 Å². The van der Waals surface area contributed by atoms with E-state index in [0.717, 1.165) is 0 Å². The molecule has 1 aliphatic rings. The molecule has 1 saturated heterocycles. The van der Waals surface area contributed by atoms with E-state index in [-0.39, 0.29) is 23.4 Å². The average Bonchev–Trinajstić information content (AvgIpc) is 3.21. The Labute approximate surface area is 164 Å². The molecule has 0 bridgehead atoms. The zero-order valence-electron chi connectivity index (χ0n) is 15.6. The predicted molar refractivity (Wildman–Crippen MR) is 95.6 cm³/mol. The third kappa shape index (κ3) is 5.04. The zero-order chi connectivity index (χ0) is 21.0. The number of rotatable bonds is 5. The molecular formula is C18H20F3N5O3. The molecule has 2 N–H and O–H groups in total. The van der Waals surface area contributed by atoms with E-state index < -0.39 is 18.6 Å². The Morgan fingerprint density at radius 3 is 2.72 bits per heavy atom. The lowest BCUT2D eigenvalue weighted by molar-refractivity contribution is -0.123. The first-order valence-corrected chi connectivity index (χ1v) is 8.97. The van der Waals surface area contributed by atoms with Crippen LogP contribution in [0.4, 0.5) is 13.2 Å². The zero-order valence-corrected chi connectivity index (χ0v) is 15.6. The number of hydrogen-bond donors (Lipinski definition) is 2. The van der Waals surface area contributed by atoms with Gasteiger partial charge in [-0.2, -0.15) is 18.3 Å². The van der Waals surface area contributed by atoms with Gasteiger partial charge in [0.2, 0.25) is 5.88 Å². The van der Waals surface area contributed by atoms with Gasteiger partial charge in [0.25, 0.3) is 11.8 Å². The quantitative estimate of drug-likeness (QED) is 0.785. The number of methoxy groups -OCH3 is 1. The number of aromatic nitrogens is 3. The van der Waals surface area contributed by atoms with Crippen molar-refractivity contribution in [3.8, 4) is 5.88 Å². The summed E-state index contributed by atoms with van der Waals surface area (Å²) in [4.78, 5) is 30.2. The molecule has 2 amide bonds. The summed E-state index contributed by atoms with van der Waals surface area (Å²) in [6.07, 6.45) is -1.69. The second kappa shape index (κ2) is 8.50. The number of carbonyl (C=O) groups is 2. The first-order valence-electron chi connectivity index (χ1n) is 8.97. The fourth-order valence-corrected chi connectivity index (χ4v) is 3.21. The van der Waals surface area contributed by atoms with Crippen molar-refractivity contribution in [2.45, 2.75) is 24.9 Å².